The van der Waals surface area contributed by atoms with Crippen molar-refractivity contribution < 1.29 is 14.7 Å². The Morgan fingerprint density at radius 1 is 1.22 bits per heavy atom. The van der Waals surface area contributed by atoms with Gasteiger partial charge in [0.2, 0.25) is 0 Å². The predicted octanol–water partition coefficient (Wildman–Crippen LogP) is 2.96. The molecule has 0 atom stereocenters. The van der Waals surface area contributed by atoms with Gasteiger partial charge in [-0.3, -0.25) is 0 Å². The number of carboxylic acid groups (broad SMARTS) is 1. The fourth-order valence-electron chi connectivity index (χ4n) is 2.00. The Bertz CT molecular complexity index is 584. The summed E-state index contributed by atoms with van der Waals surface area (Å²) in [4.78, 5) is 24.4. The SMILES string of the molecule is CCCN(CCC)C(=O)Nc1cccc(C#CCNC(=O)O)c1. The third kappa shape index (κ3) is 7.23. The van der Waals surface area contributed by atoms with Crippen LogP contribution >= 0.6 is 0 Å². The summed E-state index contributed by atoms with van der Waals surface area (Å²) in [7, 11) is 0. The molecule has 0 spiro atoms. The summed E-state index contributed by atoms with van der Waals surface area (Å²) >= 11 is 0. The first kappa shape index (κ1) is 18.4. The van der Waals surface area contributed by atoms with Gasteiger partial charge >= 0.3 is 12.1 Å². The second-order valence-electron chi connectivity index (χ2n) is 4.96. The van der Waals surface area contributed by atoms with Crippen LogP contribution in [0.25, 0.3) is 0 Å². The molecular formula is C17H23N3O3. The van der Waals surface area contributed by atoms with E-state index in [0.717, 1.165) is 25.9 Å². The zero-order valence-electron chi connectivity index (χ0n) is 13.6. The van der Waals surface area contributed by atoms with Gasteiger partial charge in [0.15, 0.2) is 0 Å². The Kier molecular flexibility index (Phi) is 8.08. The largest absolute Gasteiger partial charge is 0.465 e. The maximum atomic E-state index is 12.2. The number of benzene rings is 1. The number of nitrogens with zero attached hydrogens (tertiary/aromatic N) is 1. The molecule has 0 unspecified atom stereocenters. The molecule has 0 aliphatic rings. The van der Waals surface area contributed by atoms with Gasteiger partial charge in [-0.1, -0.05) is 31.8 Å². The van der Waals surface area contributed by atoms with Gasteiger partial charge in [0.1, 0.15) is 0 Å². The molecule has 1 rings (SSSR count). The van der Waals surface area contributed by atoms with Crippen molar-refractivity contribution in [2.24, 2.45) is 0 Å². The van der Waals surface area contributed by atoms with Gasteiger partial charge in [-0.15, -0.1) is 0 Å². The number of carbonyl (C=O) groups is 2. The predicted molar refractivity (Wildman–Crippen MR) is 90.5 cm³/mol. The molecule has 0 radical (unpaired) electrons. The van der Waals surface area contributed by atoms with Crippen molar-refractivity contribution in [3.8, 4) is 11.8 Å². The van der Waals surface area contributed by atoms with Crippen molar-refractivity contribution in [2.45, 2.75) is 26.7 Å². The first-order chi connectivity index (χ1) is 11.1. The summed E-state index contributed by atoms with van der Waals surface area (Å²) in [5.41, 5.74) is 1.39. The molecule has 0 aromatic heterocycles. The minimum Gasteiger partial charge on any atom is -0.465 e. The Labute approximate surface area is 136 Å². The fraction of sp³-hybridized carbons (Fsp3) is 0.412. The Balaban J connectivity index is 2.68. The van der Waals surface area contributed by atoms with E-state index in [9.17, 15) is 9.59 Å². The number of nitrogens with one attached hydrogen (secondary N) is 2. The summed E-state index contributed by atoms with van der Waals surface area (Å²) in [6, 6.07) is 7.05. The van der Waals surface area contributed by atoms with Gasteiger partial charge in [0.05, 0.1) is 6.54 Å². The normalized spacial score (nSPS) is 9.48. The smallest absolute Gasteiger partial charge is 0.405 e. The highest BCUT2D eigenvalue weighted by Gasteiger charge is 2.11. The Morgan fingerprint density at radius 2 is 1.91 bits per heavy atom. The van der Waals surface area contributed by atoms with Crippen molar-refractivity contribution in [1.29, 1.82) is 0 Å². The summed E-state index contributed by atoms with van der Waals surface area (Å²) in [5.74, 6) is 5.56. The van der Waals surface area contributed by atoms with E-state index in [1.807, 2.05) is 13.8 Å². The standard InChI is InChI=1S/C17H23N3O3/c1-3-11-20(12-4-2)16(21)19-15-9-5-7-14(13-15)8-6-10-18-17(22)23/h5,7,9,13,18H,3-4,10-12H2,1-2H3,(H,19,21)(H,22,23). The molecule has 0 heterocycles. The topological polar surface area (TPSA) is 81.7 Å². The van der Waals surface area contributed by atoms with Crippen LogP contribution in [-0.4, -0.2) is 41.8 Å². The van der Waals surface area contributed by atoms with Crippen LogP contribution in [0, 0.1) is 11.8 Å². The highest BCUT2D eigenvalue weighted by Crippen LogP contribution is 2.11. The molecule has 3 amide bonds. The van der Waals surface area contributed by atoms with Gasteiger partial charge in [-0.2, -0.15) is 0 Å². The van der Waals surface area contributed by atoms with E-state index in [1.165, 1.54) is 0 Å². The van der Waals surface area contributed by atoms with Crippen molar-refractivity contribution in [3.05, 3.63) is 29.8 Å². The monoisotopic (exact) mass is 317 g/mol. The van der Waals surface area contributed by atoms with Gasteiger partial charge in [-0.25, -0.2) is 9.59 Å². The molecule has 124 valence electrons. The van der Waals surface area contributed by atoms with Crippen molar-refractivity contribution in [1.82, 2.24) is 10.2 Å². The lowest BCUT2D eigenvalue weighted by Gasteiger charge is -2.21. The average Bonchev–Trinajstić information content (AvgIpc) is 2.51. The van der Waals surface area contributed by atoms with Gasteiger partial charge in [0, 0.05) is 24.3 Å². The second kappa shape index (κ2) is 10.1. The highest BCUT2D eigenvalue weighted by molar-refractivity contribution is 5.89. The molecule has 0 saturated heterocycles. The van der Waals surface area contributed by atoms with Gasteiger partial charge < -0.3 is 20.6 Å². The zero-order valence-corrected chi connectivity index (χ0v) is 13.6. The lowest BCUT2D eigenvalue weighted by Crippen LogP contribution is -2.36. The lowest BCUT2D eigenvalue weighted by atomic mass is 10.2. The van der Waals surface area contributed by atoms with Crippen LogP contribution in [0.5, 0.6) is 0 Å². The third-order valence-electron chi connectivity index (χ3n) is 2.95. The fourth-order valence-corrected chi connectivity index (χ4v) is 2.00. The molecular weight excluding hydrogens is 294 g/mol. The van der Waals surface area contributed by atoms with Crippen LogP contribution in [-0.2, 0) is 0 Å². The molecule has 1 aromatic rings. The molecule has 6 heteroatoms. The van der Waals surface area contributed by atoms with E-state index in [0.29, 0.717) is 11.3 Å². The number of anilines is 1. The van der Waals surface area contributed by atoms with E-state index >= 15 is 0 Å². The number of amides is 3. The zero-order chi connectivity index (χ0) is 17.1. The molecule has 0 fully saturated rings. The first-order valence-corrected chi connectivity index (χ1v) is 7.68. The maximum Gasteiger partial charge on any atom is 0.405 e. The second-order valence-corrected chi connectivity index (χ2v) is 4.96. The average molecular weight is 317 g/mol. The number of hydrogen-bond acceptors (Lipinski definition) is 2. The summed E-state index contributed by atoms with van der Waals surface area (Å²) in [6.07, 6.45) is 0.720. The molecule has 23 heavy (non-hydrogen) atoms. The lowest BCUT2D eigenvalue weighted by molar-refractivity contribution is 0.196. The van der Waals surface area contributed by atoms with Crippen LogP contribution in [0.4, 0.5) is 15.3 Å². The van der Waals surface area contributed by atoms with Crippen molar-refractivity contribution in [2.75, 3.05) is 25.0 Å². The number of hydrogen-bond donors (Lipinski definition) is 3. The minimum absolute atomic E-state index is 0.0622. The minimum atomic E-state index is -1.10. The molecule has 6 nitrogen and oxygen atoms in total. The van der Waals surface area contributed by atoms with E-state index in [2.05, 4.69) is 22.5 Å². The Morgan fingerprint density at radius 3 is 2.52 bits per heavy atom. The van der Waals surface area contributed by atoms with Crippen LogP contribution in [0.1, 0.15) is 32.3 Å². The summed E-state index contributed by atoms with van der Waals surface area (Å²) in [5, 5.41) is 13.5. The van der Waals surface area contributed by atoms with E-state index < -0.39 is 6.09 Å². The van der Waals surface area contributed by atoms with Crippen molar-refractivity contribution >= 4 is 17.8 Å². The highest BCUT2D eigenvalue weighted by atomic mass is 16.4. The molecule has 0 aliphatic heterocycles. The van der Waals surface area contributed by atoms with Crippen molar-refractivity contribution in [3.63, 3.8) is 0 Å². The van der Waals surface area contributed by atoms with Gasteiger partial charge in [0.25, 0.3) is 0 Å². The van der Waals surface area contributed by atoms with Gasteiger partial charge in [-0.05, 0) is 31.0 Å². The number of urea groups is 1. The quantitative estimate of drug-likeness (QED) is 0.706. The summed E-state index contributed by atoms with van der Waals surface area (Å²) in [6.45, 7) is 5.58. The molecule has 0 saturated carbocycles. The number of rotatable bonds is 6. The first-order valence-electron chi connectivity index (χ1n) is 7.68. The Hall–Kier alpha value is -2.68. The van der Waals surface area contributed by atoms with Crippen LogP contribution in [0.2, 0.25) is 0 Å². The van der Waals surface area contributed by atoms with Crippen LogP contribution in [0.3, 0.4) is 0 Å². The molecule has 0 aliphatic carbocycles. The number of carbonyl (C=O) groups excluding carboxylic acids is 1. The molecule has 1 aromatic carbocycles. The van der Waals surface area contributed by atoms with E-state index in [-0.39, 0.29) is 12.6 Å². The third-order valence-corrected chi connectivity index (χ3v) is 2.95. The molecule has 0 bridgehead atoms. The van der Waals surface area contributed by atoms with E-state index in [4.69, 9.17) is 5.11 Å². The summed E-state index contributed by atoms with van der Waals surface area (Å²) < 4.78 is 0. The van der Waals surface area contributed by atoms with E-state index in [1.54, 1.807) is 29.2 Å². The van der Waals surface area contributed by atoms with Crippen LogP contribution < -0.4 is 10.6 Å². The van der Waals surface area contributed by atoms with Crippen LogP contribution in [0.15, 0.2) is 24.3 Å². The maximum absolute atomic E-state index is 12.2. The molecule has 3 N–H and O–H groups in total.